The highest BCUT2D eigenvalue weighted by atomic mass is 79.9. The number of hydrogen-bond acceptors (Lipinski definition) is 2. The second-order valence-corrected chi connectivity index (χ2v) is 6.31. The van der Waals surface area contributed by atoms with Gasteiger partial charge in [-0.15, -0.1) is 0 Å². The van der Waals surface area contributed by atoms with E-state index in [0.29, 0.717) is 6.42 Å². The van der Waals surface area contributed by atoms with Gasteiger partial charge in [0.2, 0.25) is 0 Å². The Morgan fingerprint density at radius 2 is 1.50 bits per heavy atom. The lowest BCUT2D eigenvalue weighted by Gasteiger charge is -2.18. The molecule has 20 heavy (non-hydrogen) atoms. The second-order valence-electron chi connectivity index (χ2n) is 4.48. The molecule has 0 saturated carbocycles. The maximum absolute atomic E-state index is 11.3. The number of ether oxygens (including phenoxy) is 1. The minimum absolute atomic E-state index is 0.262. The van der Waals surface area contributed by atoms with E-state index in [0.717, 1.165) is 20.1 Å². The van der Waals surface area contributed by atoms with Gasteiger partial charge in [-0.1, -0.05) is 56.1 Å². The van der Waals surface area contributed by atoms with Gasteiger partial charge in [-0.25, -0.2) is 0 Å². The van der Waals surface area contributed by atoms with Crippen LogP contribution in [-0.4, -0.2) is 5.97 Å². The molecular weight excluding hydrogens is 384 g/mol. The molecule has 0 aromatic heterocycles. The van der Waals surface area contributed by atoms with Crippen molar-refractivity contribution in [2.75, 3.05) is 0 Å². The van der Waals surface area contributed by atoms with Gasteiger partial charge >= 0.3 is 5.97 Å². The van der Waals surface area contributed by atoms with Crippen LogP contribution in [0.2, 0.25) is 0 Å². The summed E-state index contributed by atoms with van der Waals surface area (Å²) in [6, 6.07) is 15.9. The van der Waals surface area contributed by atoms with Crippen LogP contribution in [0.25, 0.3) is 0 Å². The summed E-state index contributed by atoms with van der Waals surface area (Å²) < 4.78 is 7.49. The van der Waals surface area contributed by atoms with Crippen molar-refractivity contribution in [3.63, 3.8) is 0 Å². The van der Waals surface area contributed by atoms with E-state index in [1.165, 1.54) is 6.92 Å². The third-order valence-electron chi connectivity index (χ3n) is 2.88. The van der Waals surface area contributed by atoms with Crippen molar-refractivity contribution in [1.82, 2.24) is 0 Å². The minimum atomic E-state index is -0.268. The van der Waals surface area contributed by atoms with Crippen molar-refractivity contribution in [2.45, 2.75) is 19.4 Å². The Bertz CT molecular complexity index is 576. The molecule has 0 aliphatic heterocycles. The summed E-state index contributed by atoms with van der Waals surface area (Å²) in [5.41, 5.74) is 2.12. The molecule has 0 amide bonds. The number of carbonyl (C=O) groups excluding carboxylic acids is 1. The number of carbonyl (C=O) groups is 1. The van der Waals surface area contributed by atoms with Crippen LogP contribution in [0.4, 0.5) is 0 Å². The third kappa shape index (κ3) is 4.46. The van der Waals surface area contributed by atoms with Gasteiger partial charge in [0.05, 0.1) is 0 Å². The molecule has 2 rings (SSSR count). The van der Waals surface area contributed by atoms with E-state index in [2.05, 4.69) is 31.9 Å². The van der Waals surface area contributed by atoms with Crippen LogP contribution in [0.1, 0.15) is 24.2 Å². The Balaban J connectivity index is 2.21. The molecule has 0 aliphatic rings. The molecule has 0 heterocycles. The molecule has 0 saturated heterocycles. The van der Waals surface area contributed by atoms with Crippen LogP contribution < -0.4 is 0 Å². The SMILES string of the molecule is CC(=O)OC(Cc1ccc(Br)cc1)c1ccc(Br)cc1. The van der Waals surface area contributed by atoms with Crippen LogP contribution >= 0.6 is 31.9 Å². The summed E-state index contributed by atoms with van der Waals surface area (Å²) in [6.45, 7) is 1.44. The van der Waals surface area contributed by atoms with E-state index in [4.69, 9.17) is 4.74 Å². The molecule has 0 N–H and O–H groups in total. The summed E-state index contributed by atoms with van der Waals surface area (Å²) in [5, 5.41) is 0. The molecule has 104 valence electrons. The largest absolute Gasteiger partial charge is 0.457 e. The highest BCUT2D eigenvalue weighted by Gasteiger charge is 2.15. The predicted octanol–water partition coefficient (Wildman–Crippen LogP) is 5.06. The van der Waals surface area contributed by atoms with Crippen molar-refractivity contribution in [2.24, 2.45) is 0 Å². The maximum atomic E-state index is 11.3. The average molecular weight is 398 g/mol. The zero-order chi connectivity index (χ0) is 14.5. The smallest absolute Gasteiger partial charge is 0.303 e. The van der Waals surface area contributed by atoms with Gasteiger partial charge in [0.1, 0.15) is 6.10 Å². The van der Waals surface area contributed by atoms with E-state index in [9.17, 15) is 4.79 Å². The summed E-state index contributed by atoms with van der Waals surface area (Å²) in [7, 11) is 0. The summed E-state index contributed by atoms with van der Waals surface area (Å²) in [6.07, 6.45) is 0.399. The average Bonchev–Trinajstić information content (AvgIpc) is 2.41. The first-order valence-electron chi connectivity index (χ1n) is 6.22. The van der Waals surface area contributed by atoms with Crippen LogP contribution in [-0.2, 0) is 16.0 Å². The number of benzene rings is 2. The Hall–Kier alpha value is -1.13. The molecule has 0 aliphatic carbocycles. The molecule has 4 heteroatoms. The topological polar surface area (TPSA) is 26.3 Å². The lowest BCUT2D eigenvalue weighted by atomic mass is 10.0. The second kappa shape index (κ2) is 7.04. The van der Waals surface area contributed by atoms with Gasteiger partial charge in [0, 0.05) is 22.3 Å². The fourth-order valence-corrected chi connectivity index (χ4v) is 2.47. The Morgan fingerprint density at radius 3 is 2.00 bits per heavy atom. The van der Waals surface area contributed by atoms with E-state index < -0.39 is 0 Å². The van der Waals surface area contributed by atoms with E-state index in [-0.39, 0.29) is 12.1 Å². The highest BCUT2D eigenvalue weighted by molar-refractivity contribution is 9.10. The molecule has 0 bridgehead atoms. The minimum Gasteiger partial charge on any atom is -0.457 e. The monoisotopic (exact) mass is 396 g/mol. The number of halogens is 2. The van der Waals surface area contributed by atoms with Crippen LogP contribution in [0.15, 0.2) is 57.5 Å². The fraction of sp³-hybridized carbons (Fsp3) is 0.188. The van der Waals surface area contributed by atoms with Crippen molar-refractivity contribution < 1.29 is 9.53 Å². The maximum Gasteiger partial charge on any atom is 0.303 e. The summed E-state index contributed by atoms with van der Waals surface area (Å²) >= 11 is 6.82. The molecular formula is C16H14Br2O2. The highest BCUT2D eigenvalue weighted by Crippen LogP contribution is 2.25. The first-order valence-corrected chi connectivity index (χ1v) is 7.80. The first kappa shape index (κ1) is 15.3. The van der Waals surface area contributed by atoms with Gasteiger partial charge in [-0.2, -0.15) is 0 Å². The molecule has 2 aromatic carbocycles. The van der Waals surface area contributed by atoms with Crippen LogP contribution in [0.5, 0.6) is 0 Å². The summed E-state index contributed by atoms with van der Waals surface area (Å²) in [5.74, 6) is -0.268. The molecule has 0 spiro atoms. The molecule has 2 nitrogen and oxygen atoms in total. The van der Waals surface area contributed by atoms with Crippen molar-refractivity contribution >= 4 is 37.8 Å². The molecule has 1 atom stereocenters. The third-order valence-corrected chi connectivity index (χ3v) is 3.94. The lowest BCUT2D eigenvalue weighted by molar-refractivity contribution is -0.146. The summed E-state index contributed by atoms with van der Waals surface area (Å²) in [4.78, 5) is 11.3. The van der Waals surface area contributed by atoms with Gasteiger partial charge in [0.25, 0.3) is 0 Å². The molecule has 2 aromatic rings. The standard InChI is InChI=1S/C16H14Br2O2/c1-11(19)20-16(13-4-8-15(18)9-5-13)10-12-2-6-14(17)7-3-12/h2-9,16H,10H2,1H3. The zero-order valence-corrected chi connectivity index (χ0v) is 14.1. The molecule has 0 radical (unpaired) electrons. The van der Waals surface area contributed by atoms with Crippen LogP contribution in [0.3, 0.4) is 0 Å². The van der Waals surface area contributed by atoms with E-state index >= 15 is 0 Å². The Kier molecular flexibility index (Phi) is 5.38. The van der Waals surface area contributed by atoms with Crippen molar-refractivity contribution in [3.05, 3.63) is 68.6 Å². The molecule has 0 fully saturated rings. The lowest BCUT2D eigenvalue weighted by Crippen LogP contribution is -2.11. The Morgan fingerprint density at radius 1 is 1.00 bits per heavy atom. The first-order chi connectivity index (χ1) is 9.54. The van der Waals surface area contributed by atoms with Crippen molar-refractivity contribution in [1.29, 1.82) is 0 Å². The van der Waals surface area contributed by atoms with Crippen LogP contribution in [0, 0.1) is 0 Å². The molecule has 1 unspecified atom stereocenters. The van der Waals surface area contributed by atoms with Gasteiger partial charge < -0.3 is 4.74 Å². The zero-order valence-electron chi connectivity index (χ0n) is 11.0. The van der Waals surface area contributed by atoms with Crippen molar-refractivity contribution in [3.8, 4) is 0 Å². The quantitative estimate of drug-likeness (QED) is 0.674. The van der Waals surface area contributed by atoms with E-state index in [1.807, 2.05) is 48.5 Å². The van der Waals surface area contributed by atoms with Gasteiger partial charge in [0.15, 0.2) is 0 Å². The predicted molar refractivity (Wildman–Crippen MR) is 86.5 cm³/mol. The Labute approximate surface area is 135 Å². The number of esters is 1. The van der Waals surface area contributed by atoms with Gasteiger partial charge in [-0.3, -0.25) is 4.79 Å². The van der Waals surface area contributed by atoms with E-state index in [1.54, 1.807) is 0 Å². The normalized spacial score (nSPS) is 11.9. The number of hydrogen-bond donors (Lipinski definition) is 0. The fourth-order valence-electron chi connectivity index (χ4n) is 1.94. The number of rotatable bonds is 4. The van der Waals surface area contributed by atoms with Gasteiger partial charge in [-0.05, 0) is 35.4 Å².